The van der Waals surface area contributed by atoms with Crippen LogP contribution in [-0.4, -0.2) is 17.1 Å². The van der Waals surface area contributed by atoms with Crippen LogP contribution in [0.2, 0.25) is 0 Å². The van der Waals surface area contributed by atoms with E-state index < -0.39 is 6.02 Å². The van der Waals surface area contributed by atoms with Crippen molar-refractivity contribution in [2.45, 2.75) is 58.6 Å². The smallest absolute Gasteiger partial charge is 0.104 e. The van der Waals surface area contributed by atoms with Crippen LogP contribution in [0.1, 0.15) is 46.5 Å². The molecule has 4 rings (SSSR count). The number of para-hydroxylation sites is 1. The van der Waals surface area contributed by atoms with E-state index >= 15 is 0 Å². The Morgan fingerprint density at radius 1 is 1.14 bits per heavy atom. The number of nitrogens with zero attached hydrogens (tertiary/aromatic N) is 2. The van der Waals surface area contributed by atoms with Crippen LogP contribution < -0.4 is 4.90 Å². The van der Waals surface area contributed by atoms with Crippen LogP contribution in [0.25, 0.3) is 0 Å². The maximum absolute atomic E-state index is 9.21. The van der Waals surface area contributed by atoms with E-state index in [1.807, 2.05) is 0 Å². The summed E-state index contributed by atoms with van der Waals surface area (Å²) in [5, 5.41) is 0. The largest absolute Gasteiger partial charge is 0.343 e. The van der Waals surface area contributed by atoms with Crippen molar-refractivity contribution in [3.8, 4) is 0 Å². The molecular formula is C20H26N2. The summed E-state index contributed by atoms with van der Waals surface area (Å²) < 4.78 is 9.21. The maximum Gasteiger partial charge on any atom is 0.104 e. The van der Waals surface area contributed by atoms with Crippen LogP contribution in [0, 0.1) is 12.8 Å². The summed E-state index contributed by atoms with van der Waals surface area (Å²) >= 11 is 0. The monoisotopic (exact) mass is 295 g/mol. The Morgan fingerprint density at radius 2 is 1.86 bits per heavy atom. The van der Waals surface area contributed by atoms with Gasteiger partial charge in [-0.15, -0.1) is 0 Å². The fourth-order valence-corrected chi connectivity index (χ4v) is 4.47. The first-order valence-electron chi connectivity index (χ1n) is 9.08. The predicted octanol–water partition coefficient (Wildman–Crippen LogP) is 4.82. The van der Waals surface area contributed by atoms with Gasteiger partial charge in [0.1, 0.15) is 6.17 Å². The Morgan fingerprint density at radius 3 is 2.59 bits per heavy atom. The van der Waals surface area contributed by atoms with Crippen molar-refractivity contribution in [1.29, 1.82) is 0 Å². The van der Waals surface area contributed by atoms with Gasteiger partial charge in [-0.25, -0.2) is 0 Å². The highest BCUT2D eigenvalue weighted by molar-refractivity contribution is 5.62. The Bertz CT molecular complexity index is 687. The minimum atomic E-state index is -0.566. The highest BCUT2D eigenvalue weighted by atomic mass is 15.4. The fourth-order valence-electron chi connectivity index (χ4n) is 4.47. The topological polar surface area (TPSA) is 6.48 Å². The van der Waals surface area contributed by atoms with Gasteiger partial charge in [0.2, 0.25) is 0 Å². The van der Waals surface area contributed by atoms with Gasteiger partial charge >= 0.3 is 0 Å². The van der Waals surface area contributed by atoms with Crippen molar-refractivity contribution in [3.05, 3.63) is 53.4 Å². The molecule has 0 aromatic heterocycles. The van der Waals surface area contributed by atoms with Crippen molar-refractivity contribution >= 4 is 5.69 Å². The van der Waals surface area contributed by atoms with E-state index in [1.165, 1.54) is 48.3 Å². The van der Waals surface area contributed by atoms with Crippen LogP contribution >= 0.6 is 0 Å². The number of rotatable bonds is 2. The molecule has 0 bridgehead atoms. The van der Waals surface area contributed by atoms with Gasteiger partial charge in [-0.05, 0) is 57.2 Å². The first-order chi connectivity index (χ1) is 11.0. The number of allylic oxidation sites excluding steroid dienone is 2. The van der Waals surface area contributed by atoms with Gasteiger partial charge in [-0.1, -0.05) is 37.1 Å². The molecule has 3 aliphatic rings. The second-order valence-electron chi connectivity index (χ2n) is 6.87. The number of hydrogen-bond donors (Lipinski definition) is 0. The summed E-state index contributed by atoms with van der Waals surface area (Å²) in [7, 11) is 0. The van der Waals surface area contributed by atoms with E-state index in [0.717, 1.165) is 0 Å². The number of aryl methyl sites for hydroxylation is 1. The number of benzene rings is 1. The van der Waals surface area contributed by atoms with Crippen LogP contribution in [0.15, 0.2) is 47.8 Å². The Balaban J connectivity index is 1.75. The quantitative estimate of drug-likeness (QED) is 0.771. The molecule has 0 spiro atoms. The summed E-state index contributed by atoms with van der Waals surface area (Å²) in [5.74, 6) is 0.461. The van der Waals surface area contributed by atoms with E-state index in [0.29, 0.717) is 5.92 Å². The van der Waals surface area contributed by atoms with Crippen molar-refractivity contribution < 1.29 is 1.37 Å². The normalized spacial score (nSPS) is 32.1. The summed E-state index contributed by atoms with van der Waals surface area (Å²) in [6, 6.07) is 8.00. The summed E-state index contributed by atoms with van der Waals surface area (Å²) in [5.41, 5.74) is 5.07. The Hall–Kier alpha value is -1.70. The van der Waals surface area contributed by atoms with Gasteiger partial charge in [0.15, 0.2) is 0 Å². The summed E-state index contributed by atoms with van der Waals surface area (Å²) in [4.78, 5) is 4.76. The molecular weight excluding hydrogens is 268 g/mol. The van der Waals surface area contributed by atoms with E-state index in [-0.39, 0.29) is 6.17 Å². The van der Waals surface area contributed by atoms with Crippen LogP contribution in [-0.2, 0) is 0 Å². The number of hydrogen-bond acceptors (Lipinski definition) is 2. The number of anilines is 1. The standard InChI is InChI=1S/C20H26N2/c1-14-8-4-7-11-18(14)21-15(2)19-12-13-20(22(19)16(21)3)17-9-5-6-10-17/h4,7-8,11-13,16-17,20H,5-6,9-10H2,1-3H3/i20D. The predicted molar refractivity (Wildman–Crippen MR) is 92.5 cm³/mol. The summed E-state index contributed by atoms with van der Waals surface area (Å²) in [6.45, 7) is 6.61. The fraction of sp³-hybridized carbons (Fsp3) is 0.500. The van der Waals surface area contributed by atoms with E-state index in [4.69, 9.17) is 0 Å². The molecule has 1 saturated carbocycles. The highest BCUT2D eigenvalue weighted by Crippen LogP contribution is 2.44. The molecule has 2 heterocycles. The van der Waals surface area contributed by atoms with E-state index in [9.17, 15) is 1.37 Å². The average Bonchev–Trinajstić information content (AvgIpc) is 3.22. The zero-order valence-corrected chi connectivity index (χ0v) is 13.8. The lowest BCUT2D eigenvalue weighted by Crippen LogP contribution is -2.44. The third-order valence-corrected chi connectivity index (χ3v) is 5.58. The second-order valence-corrected chi connectivity index (χ2v) is 6.87. The third-order valence-electron chi connectivity index (χ3n) is 5.58. The lowest BCUT2D eigenvalue weighted by molar-refractivity contribution is 0.210. The first kappa shape index (κ1) is 12.8. The molecule has 2 atom stereocenters. The molecule has 2 aliphatic heterocycles. The minimum absolute atomic E-state index is 0.194. The van der Waals surface area contributed by atoms with Gasteiger partial charge in [0.25, 0.3) is 0 Å². The van der Waals surface area contributed by atoms with Gasteiger partial charge in [0.05, 0.1) is 13.1 Å². The molecule has 1 aromatic carbocycles. The van der Waals surface area contributed by atoms with Gasteiger partial charge in [-0.2, -0.15) is 0 Å². The highest BCUT2D eigenvalue weighted by Gasteiger charge is 2.42. The molecule has 2 nitrogen and oxygen atoms in total. The van der Waals surface area contributed by atoms with Crippen molar-refractivity contribution in [2.24, 2.45) is 5.92 Å². The molecule has 1 aliphatic carbocycles. The third kappa shape index (κ3) is 1.93. The molecule has 1 fully saturated rings. The molecule has 116 valence electrons. The van der Waals surface area contributed by atoms with Gasteiger partial charge < -0.3 is 9.80 Å². The minimum Gasteiger partial charge on any atom is -0.343 e. The first-order valence-corrected chi connectivity index (χ1v) is 8.58. The zero-order chi connectivity index (χ0) is 16.2. The molecule has 0 N–H and O–H groups in total. The molecule has 2 unspecified atom stereocenters. The molecule has 2 heteroatoms. The second kappa shape index (κ2) is 5.19. The number of fused-ring (bicyclic) bond motifs is 1. The molecule has 0 saturated heterocycles. The van der Waals surface area contributed by atoms with E-state index in [1.54, 1.807) is 0 Å². The molecule has 1 aromatic rings. The van der Waals surface area contributed by atoms with Crippen molar-refractivity contribution in [3.63, 3.8) is 0 Å². The van der Waals surface area contributed by atoms with Gasteiger partial charge in [0, 0.05) is 11.4 Å². The van der Waals surface area contributed by atoms with Crippen LogP contribution in [0.5, 0.6) is 0 Å². The molecule has 0 amide bonds. The van der Waals surface area contributed by atoms with Crippen LogP contribution in [0.4, 0.5) is 5.69 Å². The van der Waals surface area contributed by atoms with Gasteiger partial charge in [-0.3, -0.25) is 0 Å². The zero-order valence-electron chi connectivity index (χ0n) is 14.8. The van der Waals surface area contributed by atoms with E-state index in [2.05, 4.69) is 67.0 Å². The molecule has 22 heavy (non-hydrogen) atoms. The average molecular weight is 295 g/mol. The summed E-state index contributed by atoms with van der Waals surface area (Å²) in [6.07, 6.45) is 9.46. The van der Waals surface area contributed by atoms with Crippen molar-refractivity contribution in [1.82, 2.24) is 4.90 Å². The Labute approximate surface area is 135 Å². The Kier molecular flexibility index (Phi) is 3.02. The van der Waals surface area contributed by atoms with Crippen molar-refractivity contribution in [2.75, 3.05) is 4.90 Å². The lowest BCUT2D eigenvalue weighted by atomic mass is 9.98. The lowest BCUT2D eigenvalue weighted by Gasteiger charge is -2.37. The maximum atomic E-state index is 9.21. The molecule has 0 radical (unpaired) electrons. The SMILES string of the molecule is [2H]C1(C2CCCC2)C=CC2=C(C)N(c3ccccc3C)C(C)N21. The van der Waals surface area contributed by atoms with Crippen LogP contribution in [0.3, 0.4) is 0 Å².